The van der Waals surface area contributed by atoms with Crippen LogP contribution in [0.2, 0.25) is 0 Å². The first kappa shape index (κ1) is 37.3. The van der Waals surface area contributed by atoms with E-state index in [4.69, 9.17) is 14.2 Å². The van der Waals surface area contributed by atoms with E-state index < -0.39 is 47.7 Å². The molecule has 3 aromatic carbocycles. The van der Waals surface area contributed by atoms with Crippen LogP contribution in [-0.2, 0) is 41.7 Å². The van der Waals surface area contributed by atoms with Gasteiger partial charge in [-0.3, -0.25) is 19.2 Å². The summed E-state index contributed by atoms with van der Waals surface area (Å²) in [6, 6.07) is 24.6. The minimum atomic E-state index is -1.41. The van der Waals surface area contributed by atoms with Crippen molar-refractivity contribution < 1.29 is 33.4 Å². The summed E-state index contributed by atoms with van der Waals surface area (Å²) in [5.41, 5.74) is 1.01. The van der Waals surface area contributed by atoms with Crippen molar-refractivity contribution in [1.82, 2.24) is 14.7 Å². The number of benzene rings is 3. The van der Waals surface area contributed by atoms with Gasteiger partial charge in [-0.05, 0) is 42.2 Å². The Morgan fingerprint density at radius 1 is 0.962 bits per heavy atom. The molecule has 1 unspecified atom stereocenters. The molecule has 3 aliphatic heterocycles. The molecule has 2 fully saturated rings. The van der Waals surface area contributed by atoms with Crippen molar-refractivity contribution in [2.75, 3.05) is 20.7 Å². The zero-order valence-corrected chi connectivity index (χ0v) is 30.5. The van der Waals surface area contributed by atoms with Crippen LogP contribution in [0.25, 0.3) is 0 Å². The molecule has 10 nitrogen and oxygen atoms in total. The van der Waals surface area contributed by atoms with E-state index in [9.17, 15) is 19.2 Å². The van der Waals surface area contributed by atoms with Gasteiger partial charge in [0.2, 0.25) is 17.7 Å². The Bertz CT molecular complexity index is 1850. The molecule has 3 aliphatic rings. The summed E-state index contributed by atoms with van der Waals surface area (Å²) in [6.45, 7) is 10.1. The lowest BCUT2D eigenvalue weighted by Gasteiger charge is -2.36. The van der Waals surface area contributed by atoms with Crippen LogP contribution in [0.15, 0.2) is 122 Å². The van der Waals surface area contributed by atoms with E-state index in [-0.39, 0.29) is 37.2 Å². The van der Waals surface area contributed by atoms with E-state index in [1.807, 2.05) is 79.7 Å². The molecule has 0 radical (unpaired) electrons. The number of ether oxygens (including phenoxy) is 3. The Hall–Kier alpha value is -5.48. The number of likely N-dealkylation sites (N-methyl/N-ethyl adjacent to an activating group) is 1. The van der Waals surface area contributed by atoms with Crippen LogP contribution < -0.4 is 4.74 Å². The van der Waals surface area contributed by atoms with Crippen molar-refractivity contribution in [3.63, 3.8) is 0 Å². The molecule has 3 heterocycles. The third-order valence-electron chi connectivity index (χ3n) is 10.6. The van der Waals surface area contributed by atoms with Crippen molar-refractivity contribution in [1.29, 1.82) is 0 Å². The van der Waals surface area contributed by atoms with E-state index in [0.717, 1.165) is 11.1 Å². The third-order valence-corrected chi connectivity index (χ3v) is 10.6. The second-order valence-electron chi connectivity index (χ2n) is 13.8. The lowest BCUT2D eigenvalue weighted by Crippen LogP contribution is -2.55. The number of likely N-dealkylation sites (tertiary alicyclic amines) is 1. The first-order valence-electron chi connectivity index (χ1n) is 18.0. The van der Waals surface area contributed by atoms with Gasteiger partial charge in [0, 0.05) is 33.1 Å². The number of methoxy groups -OCH3 is 1. The van der Waals surface area contributed by atoms with Gasteiger partial charge >= 0.3 is 5.97 Å². The topological polar surface area (TPSA) is 106 Å². The predicted octanol–water partition coefficient (Wildman–Crippen LogP) is 5.66. The van der Waals surface area contributed by atoms with Crippen LogP contribution in [0.3, 0.4) is 0 Å². The van der Waals surface area contributed by atoms with Crippen molar-refractivity contribution in [2.45, 2.75) is 62.7 Å². The van der Waals surface area contributed by atoms with Crippen LogP contribution in [0.1, 0.15) is 42.6 Å². The van der Waals surface area contributed by atoms with E-state index in [1.54, 1.807) is 65.3 Å². The van der Waals surface area contributed by atoms with E-state index in [2.05, 4.69) is 13.2 Å². The van der Waals surface area contributed by atoms with Crippen molar-refractivity contribution >= 4 is 23.7 Å². The van der Waals surface area contributed by atoms with Crippen LogP contribution in [0.5, 0.6) is 5.75 Å². The SMILES string of the molecule is C=CCCC(=O)N(C)[C@H](C)C(OC(=O)[C@@H]1[C@@H]2C=C[C@]3(O2)[C@H](C(=O)N(CC=C)Cc2ccccc2)N(Cc2ccc(OC)cc2)C(=O)[C@@H]13)c1ccccc1. The van der Waals surface area contributed by atoms with Crippen molar-refractivity contribution in [3.05, 3.63) is 139 Å². The maximum absolute atomic E-state index is 14.8. The Morgan fingerprint density at radius 2 is 1.64 bits per heavy atom. The molecule has 0 N–H and O–H groups in total. The number of rotatable bonds is 16. The van der Waals surface area contributed by atoms with Gasteiger partial charge in [0.05, 0.1) is 25.2 Å². The highest BCUT2D eigenvalue weighted by Gasteiger charge is 2.73. The highest BCUT2D eigenvalue weighted by molar-refractivity contribution is 5.99. The molecule has 276 valence electrons. The molecule has 2 saturated heterocycles. The first-order valence-corrected chi connectivity index (χ1v) is 18.0. The molecule has 0 aromatic heterocycles. The smallest absolute Gasteiger partial charge is 0.313 e. The second-order valence-corrected chi connectivity index (χ2v) is 13.8. The summed E-state index contributed by atoms with van der Waals surface area (Å²) < 4.78 is 18.3. The first-order chi connectivity index (χ1) is 25.6. The van der Waals surface area contributed by atoms with Crippen LogP contribution in [0, 0.1) is 11.8 Å². The zero-order valence-electron chi connectivity index (χ0n) is 30.5. The van der Waals surface area contributed by atoms with Gasteiger partial charge in [-0.1, -0.05) is 97.1 Å². The Balaban J connectivity index is 1.35. The molecule has 1 spiro atoms. The standard InChI is InChI=1S/C43H47N3O7/c1-6-8-19-35(47)44(4)29(3)38(32-17-13-10-14-18-32)52-42(50)36-34-24-25-43(53-34)37(36)40(48)46(28-31-20-22-33(51-5)23-21-31)39(43)41(49)45(26-7-2)27-30-15-11-9-12-16-30/h6-7,9-18,20-25,29,34,36-39H,1-2,8,19,26-28H2,3-5H3/t29-,34+,36-,37-,38?,39+,43-/m1/s1. The minimum absolute atomic E-state index is 0.107. The molecular formula is C43H47N3O7. The minimum Gasteiger partial charge on any atom is -0.497 e. The van der Waals surface area contributed by atoms with Crippen molar-refractivity contribution in [2.24, 2.45) is 11.8 Å². The van der Waals surface area contributed by atoms with Gasteiger partial charge in [-0.2, -0.15) is 0 Å². The highest BCUT2D eigenvalue weighted by Crippen LogP contribution is 2.56. The molecule has 3 amide bonds. The lowest BCUT2D eigenvalue weighted by atomic mass is 9.74. The van der Waals surface area contributed by atoms with Gasteiger partial charge in [-0.25, -0.2) is 0 Å². The molecule has 0 saturated carbocycles. The summed E-state index contributed by atoms with van der Waals surface area (Å²) >= 11 is 0. The largest absolute Gasteiger partial charge is 0.497 e. The number of hydrogen-bond donors (Lipinski definition) is 0. The van der Waals surface area contributed by atoms with Crippen molar-refractivity contribution in [3.8, 4) is 5.75 Å². The maximum atomic E-state index is 14.8. The number of allylic oxidation sites excluding steroid dienone is 1. The number of hydrogen-bond acceptors (Lipinski definition) is 7. The summed E-state index contributed by atoms with van der Waals surface area (Å²) in [4.78, 5) is 62.0. The molecule has 6 rings (SSSR count). The Kier molecular flexibility index (Phi) is 11.3. The lowest BCUT2D eigenvalue weighted by molar-refractivity contribution is -0.164. The number of carbonyl (C=O) groups excluding carboxylic acids is 4. The quantitative estimate of drug-likeness (QED) is 0.139. The molecule has 7 atom stereocenters. The number of fused-ring (bicyclic) bond motifs is 1. The fourth-order valence-electron chi connectivity index (χ4n) is 7.80. The predicted molar refractivity (Wildman–Crippen MR) is 200 cm³/mol. The Labute approximate surface area is 311 Å². The second kappa shape index (κ2) is 16.0. The van der Waals surface area contributed by atoms with Crippen LogP contribution >= 0.6 is 0 Å². The fraction of sp³-hybridized carbons (Fsp3) is 0.349. The molecule has 2 bridgehead atoms. The third kappa shape index (κ3) is 7.28. The number of carbonyl (C=O) groups is 4. The number of nitrogens with zero attached hydrogens (tertiary/aromatic N) is 3. The maximum Gasteiger partial charge on any atom is 0.313 e. The highest BCUT2D eigenvalue weighted by atomic mass is 16.6. The molecule has 3 aromatic rings. The molecule has 10 heteroatoms. The average Bonchev–Trinajstić information content (AvgIpc) is 3.83. The molecule has 53 heavy (non-hydrogen) atoms. The molecule has 0 aliphatic carbocycles. The Morgan fingerprint density at radius 3 is 2.28 bits per heavy atom. The van der Waals surface area contributed by atoms with Crippen LogP contribution in [-0.4, -0.2) is 82.9 Å². The van der Waals surface area contributed by atoms with E-state index in [1.165, 1.54) is 0 Å². The fourth-order valence-corrected chi connectivity index (χ4v) is 7.80. The number of esters is 1. The summed E-state index contributed by atoms with van der Waals surface area (Å²) in [5, 5.41) is 0. The monoisotopic (exact) mass is 717 g/mol. The van der Waals surface area contributed by atoms with Gasteiger partial charge in [-0.15, -0.1) is 13.2 Å². The van der Waals surface area contributed by atoms with E-state index >= 15 is 0 Å². The van der Waals surface area contributed by atoms with Gasteiger partial charge in [0.1, 0.15) is 29.4 Å². The number of amides is 3. The van der Waals surface area contributed by atoms with Crippen LogP contribution in [0.4, 0.5) is 0 Å². The van der Waals surface area contributed by atoms with E-state index in [0.29, 0.717) is 24.3 Å². The van der Waals surface area contributed by atoms with Gasteiger partial charge in [0.15, 0.2) is 0 Å². The zero-order chi connectivity index (χ0) is 37.7. The summed E-state index contributed by atoms with van der Waals surface area (Å²) in [5.74, 6) is -2.80. The summed E-state index contributed by atoms with van der Waals surface area (Å²) in [7, 11) is 3.27. The average molecular weight is 718 g/mol. The van der Waals surface area contributed by atoms with Gasteiger partial charge in [0.25, 0.3) is 0 Å². The summed E-state index contributed by atoms with van der Waals surface area (Å²) in [6.07, 6.45) is 6.09. The van der Waals surface area contributed by atoms with Gasteiger partial charge < -0.3 is 28.9 Å². The normalized spacial score (nSPS) is 23.5. The molecular weight excluding hydrogens is 670 g/mol.